The van der Waals surface area contributed by atoms with Gasteiger partial charge in [0.15, 0.2) is 0 Å². The average molecular weight is 361 g/mol. The molecule has 26 heavy (non-hydrogen) atoms. The fourth-order valence-electron chi connectivity index (χ4n) is 3.65. The summed E-state index contributed by atoms with van der Waals surface area (Å²) in [4.78, 5) is 16.7. The quantitative estimate of drug-likeness (QED) is 0.846. The highest BCUT2D eigenvalue weighted by Gasteiger charge is 2.23. The lowest BCUT2D eigenvalue weighted by Gasteiger charge is -2.35. The van der Waals surface area contributed by atoms with Gasteiger partial charge in [-0.15, -0.1) is 0 Å². The highest BCUT2D eigenvalue weighted by molar-refractivity contribution is 5.74. The number of piperazine rings is 1. The summed E-state index contributed by atoms with van der Waals surface area (Å²) in [5, 5.41) is 3.21. The molecule has 0 bridgehead atoms. The zero-order valence-electron chi connectivity index (χ0n) is 15.8. The van der Waals surface area contributed by atoms with E-state index in [4.69, 9.17) is 9.47 Å². The average Bonchev–Trinajstić information content (AvgIpc) is 2.70. The molecule has 3 rings (SSSR count). The number of nitrogens with zero attached hydrogens (tertiary/aromatic N) is 2. The summed E-state index contributed by atoms with van der Waals surface area (Å²) >= 11 is 0. The number of ether oxygens (including phenoxy) is 2. The second-order valence-corrected chi connectivity index (χ2v) is 7.14. The molecule has 144 valence electrons. The molecule has 6 heteroatoms. The normalized spacial score (nSPS) is 19.2. The van der Waals surface area contributed by atoms with Gasteiger partial charge in [0.25, 0.3) is 0 Å². The van der Waals surface area contributed by atoms with Crippen LogP contribution in [0.1, 0.15) is 32.1 Å². The number of carbonyl (C=O) groups is 1. The minimum absolute atomic E-state index is 0.117. The number of benzene rings is 1. The summed E-state index contributed by atoms with van der Waals surface area (Å²) in [6.45, 7) is 4.93. The first-order chi connectivity index (χ1) is 12.7. The molecule has 6 nitrogen and oxygen atoms in total. The Bertz CT molecular complexity index is 550. The van der Waals surface area contributed by atoms with Crippen molar-refractivity contribution < 1.29 is 14.3 Å². The zero-order chi connectivity index (χ0) is 18.2. The zero-order valence-corrected chi connectivity index (χ0v) is 15.8. The third kappa shape index (κ3) is 5.53. The number of carbonyl (C=O) groups excluding carboxylic acids is 1. The molecule has 2 fully saturated rings. The molecular formula is C20H31N3O3. The van der Waals surface area contributed by atoms with Crippen LogP contribution >= 0.6 is 0 Å². The minimum Gasteiger partial charge on any atom is -0.497 e. The Kier molecular flexibility index (Phi) is 7.00. The lowest BCUT2D eigenvalue weighted by Crippen LogP contribution is -2.54. The van der Waals surface area contributed by atoms with Gasteiger partial charge in [0, 0.05) is 38.8 Å². The number of amides is 2. The Morgan fingerprint density at radius 2 is 1.69 bits per heavy atom. The largest absolute Gasteiger partial charge is 0.497 e. The first-order valence-electron chi connectivity index (χ1n) is 9.79. The topological polar surface area (TPSA) is 54.0 Å². The maximum atomic E-state index is 12.4. The Labute approximate surface area is 156 Å². The van der Waals surface area contributed by atoms with Gasteiger partial charge in [-0.3, -0.25) is 4.90 Å². The van der Waals surface area contributed by atoms with E-state index in [0.29, 0.717) is 12.6 Å². The van der Waals surface area contributed by atoms with E-state index in [1.54, 1.807) is 7.11 Å². The van der Waals surface area contributed by atoms with Crippen molar-refractivity contribution in [1.82, 2.24) is 15.1 Å². The maximum absolute atomic E-state index is 12.4. The molecule has 1 saturated carbocycles. The molecule has 1 N–H and O–H groups in total. The van der Waals surface area contributed by atoms with E-state index in [-0.39, 0.29) is 6.03 Å². The fourth-order valence-corrected chi connectivity index (χ4v) is 3.65. The van der Waals surface area contributed by atoms with Crippen LogP contribution < -0.4 is 14.8 Å². The van der Waals surface area contributed by atoms with Crippen LogP contribution in [-0.2, 0) is 0 Å². The predicted molar refractivity (Wildman–Crippen MR) is 102 cm³/mol. The van der Waals surface area contributed by atoms with Crippen LogP contribution in [0, 0.1) is 0 Å². The van der Waals surface area contributed by atoms with Gasteiger partial charge in [-0.1, -0.05) is 19.3 Å². The fraction of sp³-hybridized carbons (Fsp3) is 0.650. The molecule has 1 aromatic rings. The van der Waals surface area contributed by atoms with Crippen molar-refractivity contribution in [3.05, 3.63) is 24.3 Å². The number of urea groups is 1. The van der Waals surface area contributed by atoms with Crippen molar-refractivity contribution >= 4 is 6.03 Å². The van der Waals surface area contributed by atoms with Crippen LogP contribution in [0.15, 0.2) is 24.3 Å². The molecular weight excluding hydrogens is 330 g/mol. The highest BCUT2D eigenvalue weighted by atomic mass is 16.5. The van der Waals surface area contributed by atoms with Gasteiger partial charge >= 0.3 is 6.03 Å². The number of nitrogens with one attached hydrogen (secondary N) is 1. The molecule has 1 aliphatic heterocycles. The first-order valence-corrected chi connectivity index (χ1v) is 9.79. The summed E-state index contributed by atoms with van der Waals surface area (Å²) in [7, 11) is 1.66. The minimum atomic E-state index is 0.117. The van der Waals surface area contributed by atoms with Crippen molar-refractivity contribution in [3.63, 3.8) is 0 Å². The number of rotatable bonds is 6. The van der Waals surface area contributed by atoms with Gasteiger partial charge in [-0.25, -0.2) is 4.79 Å². The van der Waals surface area contributed by atoms with E-state index in [0.717, 1.165) is 57.1 Å². The second-order valence-electron chi connectivity index (χ2n) is 7.14. The van der Waals surface area contributed by atoms with Crippen molar-refractivity contribution in [2.45, 2.75) is 38.1 Å². The molecule has 2 aliphatic rings. The third-order valence-electron chi connectivity index (χ3n) is 5.33. The molecule has 1 aliphatic carbocycles. The Morgan fingerprint density at radius 3 is 2.35 bits per heavy atom. The standard InChI is InChI=1S/C20H31N3O3/c1-25-18-7-9-19(10-8-18)26-16-15-22-11-13-23(14-12-22)20(24)21-17-5-3-2-4-6-17/h7-10,17H,2-6,11-16H2,1H3,(H,21,24). The van der Waals surface area contributed by atoms with Crippen molar-refractivity contribution in [2.75, 3.05) is 46.4 Å². The molecule has 1 heterocycles. The van der Waals surface area contributed by atoms with E-state index in [1.165, 1.54) is 19.3 Å². The highest BCUT2D eigenvalue weighted by Crippen LogP contribution is 2.18. The number of methoxy groups -OCH3 is 1. The van der Waals surface area contributed by atoms with Crippen LogP contribution in [0.25, 0.3) is 0 Å². The van der Waals surface area contributed by atoms with Crippen LogP contribution in [0.3, 0.4) is 0 Å². The molecule has 0 radical (unpaired) electrons. The van der Waals surface area contributed by atoms with Crippen LogP contribution in [0.2, 0.25) is 0 Å². The maximum Gasteiger partial charge on any atom is 0.317 e. The van der Waals surface area contributed by atoms with E-state index in [2.05, 4.69) is 10.2 Å². The van der Waals surface area contributed by atoms with Gasteiger partial charge < -0.3 is 19.7 Å². The van der Waals surface area contributed by atoms with E-state index in [9.17, 15) is 4.79 Å². The van der Waals surface area contributed by atoms with E-state index >= 15 is 0 Å². The van der Waals surface area contributed by atoms with Gasteiger partial charge in [-0.05, 0) is 37.1 Å². The van der Waals surface area contributed by atoms with Crippen molar-refractivity contribution in [1.29, 1.82) is 0 Å². The number of hydrogen-bond acceptors (Lipinski definition) is 4. The SMILES string of the molecule is COc1ccc(OCCN2CCN(C(=O)NC3CCCCC3)CC2)cc1. The Balaban J connectivity index is 1.32. The van der Waals surface area contributed by atoms with Crippen LogP contribution in [0.5, 0.6) is 11.5 Å². The lowest BCUT2D eigenvalue weighted by molar-refractivity contribution is 0.123. The smallest absolute Gasteiger partial charge is 0.317 e. The predicted octanol–water partition coefficient (Wildman–Crippen LogP) is 2.73. The van der Waals surface area contributed by atoms with Crippen molar-refractivity contribution in [2.24, 2.45) is 0 Å². The summed E-state index contributed by atoms with van der Waals surface area (Å²) in [6, 6.07) is 8.15. The second kappa shape index (κ2) is 9.67. The van der Waals surface area contributed by atoms with Gasteiger partial charge in [0.2, 0.25) is 0 Å². The van der Waals surface area contributed by atoms with Gasteiger partial charge in [0.1, 0.15) is 18.1 Å². The molecule has 1 aromatic carbocycles. The molecule has 0 atom stereocenters. The molecule has 0 aromatic heterocycles. The molecule has 1 saturated heterocycles. The Morgan fingerprint density at radius 1 is 1.04 bits per heavy atom. The summed E-state index contributed by atoms with van der Waals surface area (Å²) < 4.78 is 10.9. The van der Waals surface area contributed by atoms with E-state index < -0.39 is 0 Å². The van der Waals surface area contributed by atoms with E-state index in [1.807, 2.05) is 29.2 Å². The van der Waals surface area contributed by atoms with Crippen molar-refractivity contribution in [3.8, 4) is 11.5 Å². The number of hydrogen-bond donors (Lipinski definition) is 1. The van der Waals surface area contributed by atoms with Gasteiger partial charge in [0.05, 0.1) is 7.11 Å². The monoisotopic (exact) mass is 361 g/mol. The van der Waals surface area contributed by atoms with Gasteiger partial charge in [-0.2, -0.15) is 0 Å². The molecule has 0 unspecified atom stereocenters. The summed E-state index contributed by atoms with van der Waals surface area (Å²) in [5.74, 6) is 1.69. The third-order valence-corrected chi connectivity index (χ3v) is 5.33. The Hall–Kier alpha value is -1.95. The summed E-state index contributed by atoms with van der Waals surface area (Å²) in [5.41, 5.74) is 0. The summed E-state index contributed by atoms with van der Waals surface area (Å²) in [6.07, 6.45) is 6.06. The lowest BCUT2D eigenvalue weighted by atomic mass is 9.96. The molecule has 2 amide bonds. The van der Waals surface area contributed by atoms with Crippen LogP contribution in [0.4, 0.5) is 4.79 Å². The molecule has 0 spiro atoms. The first kappa shape index (κ1) is 18.8. The van der Waals surface area contributed by atoms with Crippen LogP contribution in [-0.4, -0.2) is 68.3 Å².